The molecule has 0 saturated carbocycles. The molecule has 1 heterocycles. The van der Waals surface area contributed by atoms with Gasteiger partial charge in [-0.05, 0) is 49.7 Å². The maximum absolute atomic E-state index is 12.9. The molecule has 0 radical (unpaired) electrons. The summed E-state index contributed by atoms with van der Waals surface area (Å²) in [5, 5.41) is 3.03. The SMILES string of the molecule is COc1cccc(-c2nc3ccccc3n2CC(=O)Nc2ccc(C)cc2C)c1. The van der Waals surface area contributed by atoms with Crippen molar-refractivity contribution in [2.75, 3.05) is 12.4 Å². The first kappa shape index (κ1) is 18.7. The van der Waals surface area contributed by atoms with Crippen LogP contribution in [-0.4, -0.2) is 22.6 Å². The predicted octanol–water partition coefficient (Wildman–Crippen LogP) is 4.97. The minimum Gasteiger partial charge on any atom is -0.497 e. The fourth-order valence-electron chi connectivity index (χ4n) is 3.51. The quantitative estimate of drug-likeness (QED) is 0.528. The van der Waals surface area contributed by atoms with Gasteiger partial charge in [0.15, 0.2) is 0 Å². The summed E-state index contributed by atoms with van der Waals surface area (Å²) in [6.07, 6.45) is 0. The Hall–Kier alpha value is -3.60. The Balaban J connectivity index is 1.71. The molecule has 0 fully saturated rings. The summed E-state index contributed by atoms with van der Waals surface area (Å²) in [6.45, 7) is 4.20. The van der Waals surface area contributed by atoms with E-state index in [4.69, 9.17) is 9.72 Å². The van der Waals surface area contributed by atoms with Crippen LogP contribution in [-0.2, 0) is 11.3 Å². The highest BCUT2D eigenvalue weighted by Gasteiger charge is 2.16. The number of nitrogens with zero attached hydrogens (tertiary/aromatic N) is 2. The summed E-state index contributed by atoms with van der Waals surface area (Å²) in [4.78, 5) is 17.7. The summed E-state index contributed by atoms with van der Waals surface area (Å²) in [5.74, 6) is 1.39. The standard InChI is InChI=1S/C24H23N3O2/c1-16-11-12-20(17(2)13-16)25-23(28)15-27-22-10-5-4-9-21(22)26-24(27)18-7-6-8-19(14-18)29-3/h4-14H,15H2,1-3H3,(H,25,28). The van der Waals surface area contributed by atoms with Crippen LogP contribution >= 0.6 is 0 Å². The number of nitrogens with one attached hydrogen (secondary N) is 1. The Morgan fingerprint density at radius 3 is 2.66 bits per heavy atom. The molecule has 1 aromatic heterocycles. The lowest BCUT2D eigenvalue weighted by Crippen LogP contribution is -2.19. The average Bonchev–Trinajstić information content (AvgIpc) is 3.08. The van der Waals surface area contributed by atoms with E-state index in [1.165, 1.54) is 5.56 Å². The number of hydrogen-bond acceptors (Lipinski definition) is 3. The number of carbonyl (C=O) groups is 1. The van der Waals surface area contributed by atoms with E-state index in [1.54, 1.807) is 7.11 Å². The van der Waals surface area contributed by atoms with Gasteiger partial charge >= 0.3 is 0 Å². The Bertz CT molecular complexity index is 1190. The van der Waals surface area contributed by atoms with Crippen LogP contribution in [0.25, 0.3) is 22.4 Å². The summed E-state index contributed by atoms with van der Waals surface area (Å²) >= 11 is 0. The minimum atomic E-state index is -0.0933. The van der Waals surface area contributed by atoms with Crippen molar-refractivity contribution in [3.8, 4) is 17.1 Å². The van der Waals surface area contributed by atoms with E-state index in [0.29, 0.717) is 0 Å². The fraction of sp³-hybridized carbons (Fsp3) is 0.167. The molecule has 5 heteroatoms. The Morgan fingerprint density at radius 2 is 1.86 bits per heavy atom. The van der Waals surface area contributed by atoms with Gasteiger partial charge in [0.05, 0.1) is 18.1 Å². The van der Waals surface area contributed by atoms with E-state index < -0.39 is 0 Å². The molecule has 1 N–H and O–H groups in total. The third-order valence-electron chi connectivity index (χ3n) is 4.94. The summed E-state index contributed by atoms with van der Waals surface area (Å²) in [6, 6.07) is 21.6. The molecule has 1 amide bonds. The molecule has 4 aromatic rings. The fourth-order valence-corrected chi connectivity index (χ4v) is 3.51. The molecule has 0 aliphatic carbocycles. The first-order valence-corrected chi connectivity index (χ1v) is 9.52. The first-order chi connectivity index (χ1) is 14.0. The number of anilines is 1. The zero-order valence-corrected chi connectivity index (χ0v) is 16.8. The third kappa shape index (κ3) is 3.85. The topological polar surface area (TPSA) is 56.2 Å². The zero-order chi connectivity index (χ0) is 20.4. The molecule has 0 atom stereocenters. The Kier molecular flexibility index (Phi) is 5.04. The Morgan fingerprint density at radius 1 is 1.03 bits per heavy atom. The van der Waals surface area contributed by atoms with Gasteiger partial charge in [0.25, 0.3) is 0 Å². The average molecular weight is 385 g/mol. The number of imidazole rings is 1. The molecule has 0 saturated heterocycles. The van der Waals surface area contributed by atoms with Gasteiger partial charge in [0, 0.05) is 11.3 Å². The molecule has 0 aliphatic rings. The van der Waals surface area contributed by atoms with Crippen LogP contribution in [0.4, 0.5) is 5.69 Å². The van der Waals surface area contributed by atoms with Crippen LogP contribution in [0.3, 0.4) is 0 Å². The molecular weight excluding hydrogens is 362 g/mol. The number of para-hydroxylation sites is 2. The molecule has 5 nitrogen and oxygen atoms in total. The van der Waals surface area contributed by atoms with E-state index >= 15 is 0 Å². The highest BCUT2D eigenvalue weighted by molar-refractivity contribution is 5.93. The van der Waals surface area contributed by atoms with Crippen LogP contribution in [0, 0.1) is 13.8 Å². The van der Waals surface area contributed by atoms with E-state index in [9.17, 15) is 4.79 Å². The molecular formula is C24H23N3O2. The van der Waals surface area contributed by atoms with Crippen LogP contribution in [0.5, 0.6) is 5.75 Å². The van der Waals surface area contributed by atoms with Crippen molar-refractivity contribution in [1.29, 1.82) is 0 Å². The van der Waals surface area contributed by atoms with Crippen molar-refractivity contribution < 1.29 is 9.53 Å². The highest BCUT2D eigenvalue weighted by atomic mass is 16.5. The van der Waals surface area contributed by atoms with Gasteiger partial charge < -0.3 is 14.6 Å². The second kappa shape index (κ2) is 7.80. The van der Waals surface area contributed by atoms with E-state index in [2.05, 4.69) is 11.4 Å². The maximum Gasteiger partial charge on any atom is 0.244 e. The first-order valence-electron chi connectivity index (χ1n) is 9.52. The van der Waals surface area contributed by atoms with Crippen LogP contribution in [0.1, 0.15) is 11.1 Å². The second-order valence-corrected chi connectivity index (χ2v) is 7.11. The van der Waals surface area contributed by atoms with E-state index in [0.717, 1.165) is 39.4 Å². The predicted molar refractivity (Wildman–Crippen MR) is 116 cm³/mol. The Labute approximate surface area is 170 Å². The number of fused-ring (bicyclic) bond motifs is 1. The number of aryl methyl sites for hydroxylation is 2. The van der Waals surface area contributed by atoms with Crippen LogP contribution < -0.4 is 10.1 Å². The van der Waals surface area contributed by atoms with Gasteiger partial charge in [-0.25, -0.2) is 4.98 Å². The number of hydrogen-bond donors (Lipinski definition) is 1. The second-order valence-electron chi connectivity index (χ2n) is 7.11. The molecule has 3 aromatic carbocycles. The molecule has 29 heavy (non-hydrogen) atoms. The van der Waals surface area contributed by atoms with Gasteiger partial charge in [-0.1, -0.05) is 42.0 Å². The van der Waals surface area contributed by atoms with Crippen molar-refractivity contribution in [3.05, 3.63) is 77.9 Å². The number of aromatic nitrogens is 2. The van der Waals surface area contributed by atoms with Crippen molar-refractivity contribution in [2.24, 2.45) is 0 Å². The van der Waals surface area contributed by atoms with Crippen LogP contribution in [0.15, 0.2) is 66.7 Å². The molecule has 146 valence electrons. The normalized spacial score (nSPS) is 10.9. The van der Waals surface area contributed by atoms with Gasteiger partial charge in [-0.15, -0.1) is 0 Å². The lowest BCUT2D eigenvalue weighted by molar-refractivity contribution is -0.116. The minimum absolute atomic E-state index is 0.0933. The number of amides is 1. The van der Waals surface area contributed by atoms with Gasteiger partial charge in [0.2, 0.25) is 5.91 Å². The summed E-state index contributed by atoms with van der Waals surface area (Å²) in [7, 11) is 1.64. The third-order valence-corrected chi connectivity index (χ3v) is 4.94. The lowest BCUT2D eigenvalue weighted by Gasteiger charge is -2.12. The number of ether oxygens (including phenoxy) is 1. The number of carbonyl (C=O) groups excluding carboxylic acids is 1. The van der Waals surface area contributed by atoms with Crippen molar-refractivity contribution in [2.45, 2.75) is 20.4 Å². The number of benzene rings is 3. The van der Waals surface area contributed by atoms with Crippen molar-refractivity contribution >= 4 is 22.6 Å². The van der Waals surface area contributed by atoms with Gasteiger partial charge in [0.1, 0.15) is 18.1 Å². The molecule has 0 aliphatic heterocycles. The molecule has 0 unspecified atom stereocenters. The highest BCUT2D eigenvalue weighted by Crippen LogP contribution is 2.27. The van der Waals surface area contributed by atoms with Gasteiger partial charge in [-0.2, -0.15) is 0 Å². The van der Waals surface area contributed by atoms with Gasteiger partial charge in [-0.3, -0.25) is 4.79 Å². The smallest absolute Gasteiger partial charge is 0.244 e. The van der Waals surface area contributed by atoms with Crippen molar-refractivity contribution in [3.63, 3.8) is 0 Å². The number of methoxy groups -OCH3 is 1. The lowest BCUT2D eigenvalue weighted by atomic mass is 10.1. The van der Waals surface area contributed by atoms with Crippen LogP contribution in [0.2, 0.25) is 0 Å². The summed E-state index contributed by atoms with van der Waals surface area (Å²) in [5.41, 5.74) is 5.71. The maximum atomic E-state index is 12.9. The largest absolute Gasteiger partial charge is 0.497 e. The van der Waals surface area contributed by atoms with E-state index in [-0.39, 0.29) is 12.5 Å². The van der Waals surface area contributed by atoms with E-state index in [1.807, 2.05) is 79.1 Å². The molecule has 4 rings (SSSR count). The van der Waals surface area contributed by atoms with Crippen molar-refractivity contribution in [1.82, 2.24) is 9.55 Å². The monoisotopic (exact) mass is 385 g/mol. The molecule has 0 spiro atoms. The number of rotatable bonds is 5. The summed E-state index contributed by atoms with van der Waals surface area (Å²) < 4.78 is 7.30. The zero-order valence-electron chi connectivity index (χ0n) is 16.8. The molecule has 0 bridgehead atoms.